The van der Waals surface area contributed by atoms with Crippen LogP contribution in [-0.4, -0.2) is 20.7 Å². The van der Waals surface area contributed by atoms with Crippen molar-refractivity contribution in [2.24, 2.45) is 7.05 Å². The summed E-state index contributed by atoms with van der Waals surface area (Å²) in [7, 11) is 1.69. The smallest absolute Gasteiger partial charge is 0.259 e. The molecule has 0 saturated carbocycles. The van der Waals surface area contributed by atoms with Crippen molar-refractivity contribution < 1.29 is 13.6 Å². The SMILES string of the molecule is Cn1cc(C(=O)Nc2ccc(F)c(F)c2)c(-c2cccnc2)n1. The number of carbonyl (C=O) groups excluding carboxylic acids is 1. The largest absolute Gasteiger partial charge is 0.322 e. The van der Waals surface area contributed by atoms with Crippen LogP contribution < -0.4 is 5.32 Å². The first kappa shape index (κ1) is 14.8. The van der Waals surface area contributed by atoms with Gasteiger partial charge in [-0.05, 0) is 24.3 Å². The number of halogens is 2. The topological polar surface area (TPSA) is 59.8 Å². The summed E-state index contributed by atoms with van der Waals surface area (Å²) in [5, 5.41) is 6.79. The number of hydrogen-bond acceptors (Lipinski definition) is 3. The molecular weight excluding hydrogens is 302 g/mol. The number of anilines is 1. The van der Waals surface area contributed by atoms with Crippen LogP contribution in [0.2, 0.25) is 0 Å². The van der Waals surface area contributed by atoms with Crippen molar-refractivity contribution >= 4 is 11.6 Å². The lowest BCUT2D eigenvalue weighted by Gasteiger charge is -2.06. The van der Waals surface area contributed by atoms with E-state index in [1.165, 1.54) is 10.7 Å². The van der Waals surface area contributed by atoms with E-state index < -0.39 is 17.5 Å². The van der Waals surface area contributed by atoms with E-state index in [1.54, 1.807) is 37.8 Å². The highest BCUT2D eigenvalue weighted by atomic mass is 19.2. The fraction of sp³-hybridized carbons (Fsp3) is 0.0625. The molecule has 0 aliphatic rings. The van der Waals surface area contributed by atoms with Crippen LogP contribution in [0.5, 0.6) is 0 Å². The van der Waals surface area contributed by atoms with Crippen LogP contribution in [0.4, 0.5) is 14.5 Å². The van der Waals surface area contributed by atoms with Gasteiger partial charge in [0.1, 0.15) is 5.69 Å². The van der Waals surface area contributed by atoms with Crippen LogP contribution in [0.25, 0.3) is 11.3 Å². The molecule has 23 heavy (non-hydrogen) atoms. The number of nitrogens with one attached hydrogen (secondary N) is 1. The Morgan fingerprint density at radius 2 is 2.04 bits per heavy atom. The Kier molecular flexibility index (Phi) is 3.84. The molecule has 1 amide bonds. The third-order valence-electron chi connectivity index (χ3n) is 3.19. The zero-order chi connectivity index (χ0) is 16.4. The molecule has 0 aliphatic carbocycles. The van der Waals surface area contributed by atoms with Crippen molar-refractivity contribution in [2.75, 3.05) is 5.32 Å². The second-order valence-electron chi connectivity index (χ2n) is 4.89. The highest BCUT2D eigenvalue weighted by Gasteiger charge is 2.18. The number of hydrogen-bond donors (Lipinski definition) is 1. The number of carbonyl (C=O) groups is 1. The molecule has 5 nitrogen and oxygen atoms in total. The maximum Gasteiger partial charge on any atom is 0.259 e. The van der Waals surface area contributed by atoms with E-state index in [0.29, 0.717) is 16.8 Å². The summed E-state index contributed by atoms with van der Waals surface area (Å²) in [4.78, 5) is 16.4. The Balaban J connectivity index is 1.92. The Morgan fingerprint density at radius 1 is 1.22 bits per heavy atom. The minimum absolute atomic E-state index is 0.162. The molecular formula is C16H12F2N4O. The van der Waals surface area contributed by atoms with Gasteiger partial charge in [-0.2, -0.15) is 5.10 Å². The summed E-state index contributed by atoms with van der Waals surface area (Å²) in [6, 6.07) is 6.69. The molecule has 0 radical (unpaired) electrons. The second-order valence-corrected chi connectivity index (χ2v) is 4.89. The molecule has 3 aromatic rings. The molecule has 2 heterocycles. The van der Waals surface area contributed by atoms with Crippen LogP contribution in [-0.2, 0) is 7.05 Å². The number of aromatic nitrogens is 3. The van der Waals surface area contributed by atoms with Gasteiger partial charge >= 0.3 is 0 Å². The normalized spacial score (nSPS) is 10.6. The fourth-order valence-corrected chi connectivity index (χ4v) is 2.14. The van der Waals surface area contributed by atoms with E-state index >= 15 is 0 Å². The predicted octanol–water partition coefficient (Wildman–Crippen LogP) is 3.01. The summed E-state index contributed by atoms with van der Waals surface area (Å²) < 4.78 is 27.7. The molecule has 3 rings (SSSR count). The highest BCUT2D eigenvalue weighted by Crippen LogP contribution is 2.22. The molecule has 116 valence electrons. The standard InChI is InChI=1S/C16H12F2N4O/c1-22-9-12(15(21-22)10-3-2-6-19-8-10)16(23)20-11-4-5-13(17)14(18)7-11/h2-9H,1H3,(H,20,23). The molecule has 0 atom stereocenters. The molecule has 7 heteroatoms. The van der Waals surface area contributed by atoms with Crippen LogP contribution in [0.15, 0.2) is 48.9 Å². The monoisotopic (exact) mass is 314 g/mol. The summed E-state index contributed by atoms with van der Waals surface area (Å²) in [6.07, 6.45) is 4.77. The third-order valence-corrected chi connectivity index (χ3v) is 3.19. The Labute approximate surface area is 130 Å². The maximum atomic E-state index is 13.2. The maximum absolute atomic E-state index is 13.2. The first-order valence-electron chi connectivity index (χ1n) is 6.75. The molecule has 0 unspecified atom stereocenters. The van der Waals surface area contributed by atoms with Crippen LogP contribution in [0.3, 0.4) is 0 Å². The van der Waals surface area contributed by atoms with Gasteiger partial charge in [-0.25, -0.2) is 8.78 Å². The van der Waals surface area contributed by atoms with Gasteiger partial charge < -0.3 is 5.32 Å². The van der Waals surface area contributed by atoms with Crippen LogP contribution in [0, 0.1) is 11.6 Å². The Bertz CT molecular complexity index is 862. The molecule has 0 saturated heterocycles. The summed E-state index contributed by atoms with van der Waals surface area (Å²) in [6.45, 7) is 0. The fourth-order valence-electron chi connectivity index (χ4n) is 2.14. The molecule has 0 fully saturated rings. The van der Waals surface area contributed by atoms with E-state index in [4.69, 9.17) is 0 Å². The molecule has 0 spiro atoms. The third kappa shape index (κ3) is 3.08. The first-order chi connectivity index (χ1) is 11.0. The molecule has 0 bridgehead atoms. The van der Waals surface area contributed by atoms with Crippen LogP contribution >= 0.6 is 0 Å². The van der Waals surface area contributed by atoms with Crippen molar-refractivity contribution in [1.29, 1.82) is 0 Å². The van der Waals surface area contributed by atoms with E-state index in [0.717, 1.165) is 12.1 Å². The van der Waals surface area contributed by atoms with Gasteiger partial charge in [0.2, 0.25) is 0 Å². The minimum atomic E-state index is -1.03. The number of nitrogens with zero attached hydrogens (tertiary/aromatic N) is 3. The van der Waals surface area contributed by atoms with E-state index in [2.05, 4.69) is 15.4 Å². The Morgan fingerprint density at radius 3 is 2.74 bits per heavy atom. The lowest BCUT2D eigenvalue weighted by atomic mass is 10.1. The van der Waals surface area contributed by atoms with Gasteiger partial charge in [0.05, 0.1) is 5.56 Å². The number of amides is 1. The molecule has 0 aliphatic heterocycles. The van der Waals surface area contributed by atoms with E-state index in [-0.39, 0.29) is 5.69 Å². The molecule has 1 aromatic carbocycles. The predicted molar refractivity (Wildman–Crippen MR) is 80.8 cm³/mol. The van der Waals surface area contributed by atoms with Crippen molar-refractivity contribution in [3.63, 3.8) is 0 Å². The summed E-state index contributed by atoms with van der Waals surface area (Å²) in [5.41, 5.74) is 1.62. The van der Waals surface area contributed by atoms with Gasteiger partial charge in [0, 0.05) is 43.0 Å². The summed E-state index contributed by atoms with van der Waals surface area (Å²) in [5.74, 6) is -2.47. The number of pyridine rings is 1. The van der Waals surface area contributed by atoms with Gasteiger partial charge in [-0.1, -0.05) is 0 Å². The molecule has 1 N–H and O–H groups in total. The average Bonchev–Trinajstić information content (AvgIpc) is 2.94. The van der Waals surface area contributed by atoms with E-state index in [1.807, 2.05) is 0 Å². The van der Waals surface area contributed by atoms with Gasteiger partial charge in [-0.15, -0.1) is 0 Å². The van der Waals surface area contributed by atoms with Gasteiger partial charge in [0.15, 0.2) is 11.6 Å². The zero-order valence-electron chi connectivity index (χ0n) is 12.1. The quantitative estimate of drug-likeness (QED) is 0.808. The zero-order valence-corrected chi connectivity index (χ0v) is 12.1. The van der Waals surface area contributed by atoms with E-state index in [9.17, 15) is 13.6 Å². The number of benzene rings is 1. The van der Waals surface area contributed by atoms with Crippen molar-refractivity contribution in [3.05, 3.63) is 66.1 Å². The minimum Gasteiger partial charge on any atom is -0.322 e. The summed E-state index contributed by atoms with van der Waals surface area (Å²) >= 11 is 0. The lowest BCUT2D eigenvalue weighted by Crippen LogP contribution is -2.12. The van der Waals surface area contributed by atoms with Crippen molar-refractivity contribution in [1.82, 2.24) is 14.8 Å². The van der Waals surface area contributed by atoms with Gasteiger partial charge in [0.25, 0.3) is 5.91 Å². The average molecular weight is 314 g/mol. The van der Waals surface area contributed by atoms with Crippen molar-refractivity contribution in [3.8, 4) is 11.3 Å². The van der Waals surface area contributed by atoms with Gasteiger partial charge in [-0.3, -0.25) is 14.5 Å². The number of rotatable bonds is 3. The number of aryl methyl sites for hydroxylation is 1. The second kappa shape index (κ2) is 5.96. The van der Waals surface area contributed by atoms with Crippen LogP contribution in [0.1, 0.15) is 10.4 Å². The lowest BCUT2D eigenvalue weighted by molar-refractivity contribution is 0.102. The highest BCUT2D eigenvalue weighted by molar-refractivity contribution is 6.08. The van der Waals surface area contributed by atoms with Crippen molar-refractivity contribution in [2.45, 2.75) is 0 Å². The first-order valence-corrected chi connectivity index (χ1v) is 6.75. The molecule has 2 aromatic heterocycles. The Hall–Kier alpha value is -3.09.